The van der Waals surface area contributed by atoms with Gasteiger partial charge in [-0.2, -0.15) is 15.0 Å². The smallest absolute Gasteiger partial charge is 0.323 e. The molecule has 19 heavy (non-hydrogen) atoms. The molecule has 0 radical (unpaired) electrons. The van der Waals surface area contributed by atoms with Gasteiger partial charge in [0, 0.05) is 20.2 Å². The molecule has 7 heteroatoms. The van der Waals surface area contributed by atoms with Crippen LogP contribution >= 0.6 is 0 Å². The van der Waals surface area contributed by atoms with Crippen molar-refractivity contribution < 1.29 is 9.47 Å². The van der Waals surface area contributed by atoms with E-state index in [1.54, 1.807) is 7.11 Å². The Labute approximate surface area is 114 Å². The second kappa shape index (κ2) is 7.08. The molecule has 0 aliphatic carbocycles. The maximum absolute atomic E-state index is 5.33. The third-order valence-electron chi connectivity index (χ3n) is 2.45. The van der Waals surface area contributed by atoms with Crippen molar-refractivity contribution in [3.63, 3.8) is 0 Å². The lowest BCUT2D eigenvalue weighted by Gasteiger charge is -2.23. The predicted molar refractivity (Wildman–Crippen MR) is 74.7 cm³/mol. The van der Waals surface area contributed by atoms with Crippen LogP contribution < -0.4 is 15.4 Å². The maximum atomic E-state index is 5.33. The molecule has 7 nitrogen and oxygen atoms in total. The van der Waals surface area contributed by atoms with Gasteiger partial charge in [-0.25, -0.2) is 0 Å². The van der Waals surface area contributed by atoms with E-state index in [2.05, 4.69) is 25.6 Å². The molecule has 0 spiro atoms. The van der Waals surface area contributed by atoms with Gasteiger partial charge in [0.1, 0.15) is 0 Å². The molecule has 0 aliphatic rings. The van der Waals surface area contributed by atoms with Crippen molar-refractivity contribution in [2.45, 2.75) is 33.3 Å². The first-order valence-electron chi connectivity index (χ1n) is 6.42. The summed E-state index contributed by atoms with van der Waals surface area (Å²) in [5, 5.41) is 6.17. The molecule has 1 aromatic heterocycles. The minimum atomic E-state index is -0.295. The SMILES string of the molecule is CCNc1nc(NCC(C)(C)OC)nc(OCC)n1. The first-order chi connectivity index (χ1) is 9.00. The maximum Gasteiger partial charge on any atom is 0.323 e. The fraction of sp³-hybridized carbons (Fsp3) is 0.750. The van der Waals surface area contributed by atoms with Crippen molar-refractivity contribution in [1.82, 2.24) is 15.0 Å². The molecule has 1 heterocycles. The molecule has 1 rings (SSSR count). The first-order valence-corrected chi connectivity index (χ1v) is 6.42. The van der Waals surface area contributed by atoms with Crippen molar-refractivity contribution in [2.24, 2.45) is 0 Å². The van der Waals surface area contributed by atoms with E-state index in [1.807, 2.05) is 27.7 Å². The van der Waals surface area contributed by atoms with E-state index in [9.17, 15) is 0 Å². The van der Waals surface area contributed by atoms with E-state index in [0.29, 0.717) is 31.1 Å². The molecule has 2 N–H and O–H groups in total. The molecule has 0 saturated carbocycles. The van der Waals surface area contributed by atoms with Crippen molar-refractivity contribution >= 4 is 11.9 Å². The Bertz CT molecular complexity index is 373. The molecule has 1 aromatic rings. The largest absolute Gasteiger partial charge is 0.464 e. The van der Waals surface area contributed by atoms with E-state index >= 15 is 0 Å². The number of nitrogens with zero attached hydrogens (tertiary/aromatic N) is 3. The summed E-state index contributed by atoms with van der Waals surface area (Å²) < 4.78 is 10.7. The number of methoxy groups -OCH3 is 1. The molecular formula is C12H23N5O2. The monoisotopic (exact) mass is 269 g/mol. The molecule has 0 aromatic carbocycles. The molecular weight excluding hydrogens is 246 g/mol. The van der Waals surface area contributed by atoms with Crippen LogP contribution in [0.2, 0.25) is 0 Å². The van der Waals surface area contributed by atoms with Crippen LogP contribution in [0, 0.1) is 0 Å². The Morgan fingerprint density at radius 3 is 2.21 bits per heavy atom. The van der Waals surface area contributed by atoms with Gasteiger partial charge in [0.25, 0.3) is 0 Å². The minimum Gasteiger partial charge on any atom is -0.464 e. The minimum absolute atomic E-state index is 0.295. The summed E-state index contributed by atoms with van der Waals surface area (Å²) in [5.41, 5.74) is -0.295. The van der Waals surface area contributed by atoms with Gasteiger partial charge in [-0.15, -0.1) is 0 Å². The van der Waals surface area contributed by atoms with Gasteiger partial charge in [-0.3, -0.25) is 0 Å². The highest BCUT2D eigenvalue weighted by atomic mass is 16.5. The van der Waals surface area contributed by atoms with Crippen molar-refractivity contribution in [2.75, 3.05) is 37.4 Å². The van der Waals surface area contributed by atoms with E-state index < -0.39 is 0 Å². The van der Waals surface area contributed by atoms with E-state index in [1.165, 1.54) is 0 Å². The highest BCUT2D eigenvalue weighted by Gasteiger charge is 2.17. The normalized spacial score (nSPS) is 11.2. The average molecular weight is 269 g/mol. The summed E-state index contributed by atoms with van der Waals surface area (Å²) in [6.45, 7) is 9.66. The Balaban J connectivity index is 2.80. The number of anilines is 2. The summed E-state index contributed by atoms with van der Waals surface area (Å²) in [7, 11) is 1.67. The van der Waals surface area contributed by atoms with Crippen LogP contribution in [-0.4, -0.2) is 47.4 Å². The number of nitrogens with one attached hydrogen (secondary N) is 2. The summed E-state index contributed by atoms with van der Waals surface area (Å²) in [5.74, 6) is 0.971. The third kappa shape index (κ3) is 5.25. The number of aromatic nitrogens is 3. The summed E-state index contributed by atoms with van der Waals surface area (Å²) in [4.78, 5) is 12.6. The third-order valence-corrected chi connectivity index (χ3v) is 2.45. The van der Waals surface area contributed by atoms with Gasteiger partial charge in [-0.1, -0.05) is 0 Å². The van der Waals surface area contributed by atoms with Gasteiger partial charge >= 0.3 is 6.01 Å². The second-order valence-electron chi connectivity index (χ2n) is 4.55. The van der Waals surface area contributed by atoms with Gasteiger partial charge in [-0.05, 0) is 27.7 Å². The van der Waals surface area contributed by atoms with Crippen LogP contribution in [0.1, 0.15) is 27.7 Å². The number of ether oxygens (including phenoxy) is 2. The fourth-order valence-electron chi connectivity index (χ4n) is 1.23. The summed E-state index contributed by atoms with van der Waals surface area (Å²) in [6, 6.07) is 0.311. The molecule has 0 fully saturated rings. The number of hydrogen-bond acceptors (Lipinski definition) is 7. The van der Waals surface area contributed by atoms with Crippen LogP contribution in [-0.2, 0) is 4.74 Å². The molecule has 0 amide bonds. The lowest BCUT2D eigenvalue weighted by molar-refractivity contribution is 0.0342. The van der Waals surface area contributed by atoms with Crippen molar-refractivity contribution in [3.8, 4) is 6.01 Å². The van der Waals surface area contributed by atoms with E-state index in [0.717, 1.165) is 6.54 Å². The Morgan fingerprint density at radius 2 is 1.68 bits per heavy atom. The highest BCUT2D eigenvalue weighted by molar-refractivity contribution is 5.36. The molecule has 0 atom stereocenters. The Kier molecular flexibility index (Phi) is 5.75. The molecule has 0 aliphatic heterocycles. The Morgan fingerprint density at radius 1 is 1.05 bits per heavy atom. The summed E-state index contributed by atoms with van der Waals surface area (Å²) >= 11 is 0. The van der Waals surface area contributed by atoms with E-state index in [-0.39, 0.29) is 5.60 Å². The number of rotatable bonds is 8. The van der Waals surface area contributed by atoms with Gasteiger partial charge < -0.3 is 20.1 Å². The first kappa shape index (κ1) is 15.4. The molecule has 0 saturated heterocycles. The zero-order chi connectivity index (χ0) is 14.3. The van der Waals surface area contributed by atoms with E-state index in [4.69, 9.17) is 9.47 Å². The lowest BCUT2D eigenvalue weighted by Crippen LogP contribution is -2.32. The zero-order valence-electron chi connectivity index (χ0n) is 12.3. The fourth-order valence-corrected chi connectivity index (χ4v) is 1.23. The van der Waals surface area contributed by atoms with Gasteiger partial charge in [0.05, 0.1) is 12.2 Å². The second-order valence-corrected chi connectivity index (χ2v) is 4.55. The topological polar surface area (TPSA) is 81.2 Å². The van der Waals surface area contributed by atoms with Gasteiger partial charge in [0.2, 0.25) is 11.9 Å². The van der Waals surface area contributed by atoms with Gasteiger partial charge in [0.15, 0.2) is 0 Å². The average Bonchev–Trinajstić information content (AvgIpc) is 2.37. The Hall–Kier alpha value is -1.63. The quantitative estimate of drug-likeness (QED) is 0.740. The zero-order valence-corrected chi connectivity index (χ0v) is 12.3. The molecule has 0 bridgehead atoms. The standard InChI is InChI=1S/C12H23N5O2/c1-6-13-9-15-10(14-8-12(3,4)18-5)17-11(16-9)19-7-2/h6-8H2,1-5H3,(H2,13,14,15,16,17). The van der Waals surface area contributed by atoms with Crippen LogP contribution in [0.3, 0.4) is 0 Å². The van der Waals surface area contributed by atoms with Crippen molar-refractivity contribution in [3.05, 3.63) is 0 Å². The van der Waals surface area contributed by atoms with Crippen LogP contribution in [0.5, 0.6) is 6.01 Å². The lowest BCUT2D eigenvalue weighted by atomic mass is 10.1. The van der Waals surface area contributed by atoms with Crippen LogP contribution in [0.4, 0.5) is 11.9 Å². The molecule has 0 unspecified atom stereocenters. The highest BCUT2D eigenvalue weighted by Crippen LogP contribution is 2.13. The van der Waals surface area contributed by atoms with Crippen molar-refractivity contribution in [1.29, 1.82) is 0 Å². The van der Waals surface area contributed by atoms with Crippen LogP contribution in [0.15, 0.2) is 0 Å². The number of hydrogen-bond donors (Lipinski definition) is 2. The summed E-state index contributed by atoms with van der Waals surface area (Å²) in [6.07, 6.45) is 0. The van der Waals surface area contributed by atoms with Crippen LogP contribution in [0.25, 0.3) is 0 Å². The predicted octanol–water partition coefficient (Wildman–Crippen LogP) is 1.54. The molecule has 108 valence electrons.